The fourth-order valence-electron chi connectivity index (χ4n) is 1.16. The standard InChI is InChI=1S/C10H7BrCl2N2S/c11-7-1-2-16-9(7)5-15-10-8(13)3-6(12)4-14-10/h1-4H,5H2,(H,14,15). The lowest BCUT2D eigenvalue weighted by Crippen LogP contribution is -2.00. The van der Waals surface area contributed by atoms with E-state index in [9.17, 15) is 0 Å². The Balaban J connectivity index is 2.08. The highest BCUT2D eigenvalue weighted by Crippen LogP contribution is 2.26. The number of nitrogens with zero attached hydrogens (tertiary/aromatic N) is 1. The first-order valence-corrected chi connectivity index (χ1v) is 6.86. The highest BCUT2D eigenvalue weighted by Gasteiger charge is 2.05. The SMILES string of the molecule is Clc1cnc(NCc2sccc2Br)c(Cl)c1. The van der Waals surface area contributed by atoms with Crippen LogP contribution in [0.3, 0.4) is 0 Å². The van der Waals surface area contributed by atoms with Crippen LogP contribution in [0.15, 0.2) is 28.2 Å². The van der Waals surface area contributed by atoms with E-state index in [1.807, 2.05) is 11.4 Å². The van der Waals surface area contributed by atoms with Crippen LogP contribution in [0.25, 0.3) is 0 Å². The summed E-state index contributed by atoms with van der Waals surface area (Å²) in [6.07, 6.45) is 1.57. The van der Waals surface area contributed by atoms with Crippen molar-refractivity contribution in [2.24, 2.45) is 0 Å². The van der Waals surface area contributed by atoms with Crippen molar-refractivity contribution >= 4 is 56.3 Å². The molecule has 0 aliphatic heterocycles. The molecule has 0 bridgehead atoms. The van der Waals surface area contributed by atoms with Gasteiger partial charge in [0.25, 0.3) is 0 Å². The van der Waals surface area contributed by atoms with Crippen LogP contribution in [0.5, 0.6) is 0 Å². The highest BCUT2D eigenvalue weighted by molar-refractivity contribution is 9.10. The van der Waals surface area contributed by atoms with Gasteiger partial charge >= 0.3 is 0 Å². The van der Waals surface area contributed by atoms with Gasteiger partial charge in [-0.05, 0) is 33.4 Å². The molecular weight excluding hydrogens is 331 g/mol. The third-order valence-electron chi connectivity index (χ3n) is 1.92. The molecule has 2 nitrogen and oxygen atoms in total. The zero-order valence-corrected chi connectivity index (χ0v) is 11.9. The third-order valence-corrected chi connectivity index (χ3v) is 4.34. The average Bonchev–Trinajstić information content (AvgIpc) is 2.63. The number of hydrogen-bond donors (Lipinski definition) is 1. The molecule has 0 atom stereocenters. The minimum Gasteiger partial charge on any atom is -0.364 e. The van der Waals surface area contributed by atoms with Crippen molar-refractivity contribution < 1.29 is 0 Å². The van der Waals surface area contributed by atoms with Crippen LogP contribution in [0.2, 0.25) is 10.0 Å². The fourth-order valence-corrected chi connectivity index (χ4v) is 3.04. The van der Waals surface area contributed by atoms with Crippen molar-refractivity contribution in [3.63, 3.8) is 0 Å². The third kappa shape index (κ3) is 2.88. The number of thiophene rings is 1. The quantitative estimate of drug-likeness (QED) is 0.868. The molecule has 2 heterocycles. The molecule has 84 valence electrons. The number of halogens is 3. The van der Waals surface area contributed by atoms with Crippen molar-refractivity contribution in [2.45, 2.75) is 6.54 Å². The number of rotatable bonds is 3. The first-order valence-electron chi connectivity index (χ1n) is 4.43. The second-order valence-electron chi connectivity index (χ2n) is 3.03. The molecule has 16 heavy (non-hydrogen) atoms. The molecule has 2 aromatic heterocycles. The lowest BCUT2D eigenvalue weighted by atomic mass is 10.4. The van der Waals surface area contributed by atoms with Crippen molar-refractivity contribution in [1.29, 1.82) is 0 Å². The predicted molar refractivity (Wildman–Crippen MR) is 73.6 cm³/mol. The molecule has 0 aliphatic carbocycles. The fraction of sp³-hybridized carbons (Fsp3) is 0.100. The Kier molecular flexibility index (Phi) is 4.08. The topological polar surface area (TPSA) is 24.9 Å². The Morgan fingerprint density at radius 1 is 1.44 bits per heavy atom. The zero-order chi connectivity index (χ0) is 11.5. The summed E-state index contributed by atoms with van der Waals surface area (Å²) in [4.78, 5) is 5.32. The Labute approximate surface area is 116 Å². The summed E-state index contributed by atoms with van der Waals surface area (Å²) in [7, 11) is 0. The van der Waals surface area contributed by atoms with Gasteiger partial charge in [-0.2, -0.15) is 0 Å². The van der Waals surface area contributed by atoms with Gasteiger partial charge in [0.2, 0.25) is 0 Å². The maximum absolute atomic E-state index is 5.99. The van der Waals surface area contributed by atoms with Crippen molar-refractivity contribution in [1.82, 2.24) is 4.98 Å². The normalized spacial score (nSPS) is 10.4. The first-order chi connectivity index (χ1) is 7.66. The molecule has 0 fully saturated rings. The molecule has 0 amide bonds. The van der Waals surface area contributed by atoms with Gasteiger partial charge in [0.15, 0.2) is 0 Å². The maximum Gasteiger partial charge on any atom is 0.145 e. The number of anilines is 1. The van der Waals surface area contributed by atoms with Crippen LogP contribution in [0.1, 0.15) is 4.88 Å². The van der Waals surface area contributed by atoms with E-state index in [0.29, 0.717) is 22.4 Å². The summed E-state index contributed by atoms with van der Waals surface area (Å²) in [5.41, 5.74) is 0. The van der Waals surface area contributed by atoms with Gasteiger partial charge in [0.05, 0.1) is 16.6 Å². The number of nitrogens with one attached hydrogen (secondary N) is 1. The Morgan fingerprint density at radius 3 is 2.88 bits per heavy atom. The monoisotopic (exact) mass is 336 g/mol. The van der Waals surface area contributed by atoms with Crippen LogP contribution >= 0.6 is 50.5 Å². The summed E-state index contributed by atoms with van der Waals surface area (Å²) in [5.74, 6) is 0.645. The zero-order valence-electron chi connectivity index (χ0n) is 8.01. The minimum absolute atomic E-state index is 0.528. The van der Waals surface area contributed by atoms with Crippen LogP contribution < -0.4 is 5.32 Å². The van der Waals surface area contributed by atoms with Crippen LogP contribution in [-0.2, 0) is 6.54 Å². The number of aromatic nitrogens is 1. The van der Waals surface area contributed by atoms with E-state index in [-0.39, 0.29) is 0 Å². The van der Waals surface area contributed by atoms with E-state index in [1.165, 1.54) is 4.88 Å². The minimum atomic E-state index is 0.528. The number of hydrogen-bond acceptors (Lipinski definition) is 3. The number of pyridine rings is 1. The molecule has 2 rings (SSSR count). The van der Waals surface area contributed by atoms with Crippen LogP contribution in [0, 0.1) is 0 Å². The molecule has 6 heteroatoms. The molecule has 2 aromatic rings. The second kappa shape index (κ2) is 5.36. The van der Waals surface area contributed by atoms with Crippen LogP contribution in [-0.4, -0.2) is 4.98 Å². The molecule has 1 N–H and O–H groups in total. The predicted octanol–water partition coefficient (Wildman–Crippen LogP) is 4.82. The summed E-state index contributed by atoms with van der Waals surface area (Å²) >= 11 is 16.9. The summed E-state index contributed by atoms with van der Waals surface area (Å²) < 4.78 is 1.09. The molecule has 0 saturated carbocycles. The van der Waals surface area contributed by atoms with Gasteiger partial charge in [-0.15, -0.1) is 11.3 Å². The van der Waals surface area contributed by atoms with Crippen molar-refractivity contribution in [2.75, 3.05) is 5.32 Å². The second-order valence-corrected chi connectivity index (χ2v) is 5.73. The smallest absolute Gasteiger partial charge is 0.145 e. The van der Waals surface area contributed by atoms with E-state index < -0.39 is 0 Å². The molecule has 0 saturated heterocycles. The van der Waals surface area contributed by atoms with E-state index in [2.05, 4.69) is 26.2 Å². The summed E-state index contributed by atoms with van der Waals surface area (Å²) in [6, 6.07) is 3.68. The van der Waals surface area contributed by atoms with E-state index >= 15 is 0 Å². The van der Waals surface area contributed by atoms with E-state index in [0.717, 1.165) is 4.47 Å². The maximum atomic E-state index is 5.99. The Morgan fingerprint density at radius 2 is 2.25 bits per heavy atom. The van der Waals surface area contributed by atoms with Gasteiger partial charge in [0.1, 0.15) is 5.82 Å². The Hall–Kier alpha value is -0.290. The lowest BCUT2D eigenvalue weighted by molar-refractivity contribution is 1.13. The van der Waals surface area contributed by atoms with Gasteiger partial charge in [0, 0.05) is 15.5 Å². The van der Waals surface area contributed by atoms with Gasteiger partial charge < -0.3 is 5.32 Å². The van der Waals surface area contributed by atoms with E-state index in [1.54, 1.807) is 23.6 Å². The van der Waals surface area contributed by atoms with Gasteiger partial charge in [-0.1, -0.05) is 23.2 Å². The molecule has 0 radical (unpaired) electrons. The van der Waals surface area contributed by atoms with Gasteiger partial charge in [-0.25, -0.2) is 4.98 Å². The van der Waals surface area contributed by atoms with Crippen LogP contribution in [0.4, 0.5) is 5.82 Å². The molecule has 0 spiro atoms. The summed E-state index contributed by atoms with van der Waals surface area (Å²) in [5, 5.41) is 6.25. The average molecular weight is 338 g/mol. The molecular formula is C10H7BrCl2N2S. The van der Waals surface area contributed by atoms with Gasteiger partial charge in [-0.3, -0.25) is 0 Å². The van der Waals surface area contributed by atoms with E-state index in [4.69, 9.17) is 23.2 Å². The largest absolute Gasteiger partial charge is 0.364 e. The lowest BCUT2D eigenvalue weighted by Gasteiger charge is -2.06. The Bertz CT molecular complexity index is 501. The summed E-state index contributed by atoms with van der Waals surface area (Å²) in [6.45, 7) is 0.687. The van der Waals surface area contributed by atoms with Crippen molar-refractivity contribution in [3.8, 4) is 0 Å². The first kappa shape index (κ1) is 12.2. The highest BCUT2D eigenvalue weighted by atomic mass is 79.9. The molecule has 0 aliphatic rings. The molecule has 0 unspecified atom stereocenters. The van der Waals surface area contributed by atoms with Crippen molar-refractivity contribution in [3.05, 3.63) is 43.1 Å². The molecule has 0 aromatic carbocycles.